The van der Waals surface area contributed by atoms with Crippen LogP contribution in [0.2, 0.25) is 5.02 Å². The van der Waals surface area contributed by atoms with Crippen LogP contribution in [0.15, 0.2) is 59.1 Å². The topological polar surface area (TPSA) is 72.2 Å². The highest BCUT2D eigenvalue weighted by Gasteiger charge is 2.34. The molecule has 0 unspecified atom stereocenters. The lowest BCUT2D eigenvalue weighted by Gasteiger charge is -2.23. The zero-order valence-electron chi connectivity index (χ0n) is 13.3. The Morgan fingerprint density at radius 1 is 0.885 bits per heavy atom. The predicted octanol–water partition coefficient (Wildman–Crippen LogP) is 5.20. The van der Waals surface area contributed by atoms with E-state index < -0.39 is 0 Å². The summed E-state index contributed by atoms with van der Waals surface area (Å²) in [5, 5.41) is 3.80. The number of benzene rings is 3. The van der Waals surface area contributed by atoms with Gasteiger partial charge in [0.05, 0.1) is 22.5 Å². The molecule has 4 rings (SSSR count). The fourth-order valence-corrected chi connectivity index (χ4v) is 3.63. The van der Waals surface area contributed by atoms with Crippen LogP contribution in [0.5, 0.6) is 0 Å². The van der Waals surface area contributed by atoms with E-state index in [0.717, 1.165) is 5.69 Å². The first kappa shape index (κ1) is 16.8. The summed E-state index contributed by atoms with van der Waals surface area (Å²) in [7, 11) is 0. The number of nitrogens with two attached hydrogens (primary N) is 1. The highest BCUT2D eigenvalue weighted by Crippen LogP contribution is 2.40. The molecule has 0 saturated carbocycles. The number of rotatable bonds is 2. The molecule has 128 valence electrons. The minimum Gasteiger partial charge on any atom is -0.397 e. The second kappa shape index (κ2) is 6.27. The maximum absolute atomic E-state index is 13.1. The number of carbonyl (C=O) groups is 2. The number of fused-ring (bicyclic) bond motifs is 2. The van der Waals surface area contributed by atoms with Crippen LogP contribution >= 0.6 is 27.5 Å². The monoisotopic (exact) mass is 426 g/mol. The molecule has 26 heavy (non-hydrogen) atoms. The van der Waals surface area contributed by atoms with Gasteiger partial charge in [0, 0.05) is 26.3 Å². The molecule has 4 nitrogen and oxygen atoms in total. The van der Waals surface area contributed by atoms with Gasteiger partial charge < -0.3 is 11.1 Å². The maximum atomic E-state index is 13.1. The first-order chi connectivity index (χ1) is 12.5. The fourth-order valence-electron chi connectivity index (χ4n) is 3.07. The third-order valence-corrected chi connectivity index (χ3v) is 5.22. The highest BCUT2D eigenvalue weighted by molar-refractivity contribution is 9.10. The number of hydrogen-bond donors (Lipinski definition) is 2. The molecule has 0 radical (unpaired) electrons. The van der Waals surface area contributed by atoms with Gasteiger partial charge in [-0.05, 0) is 46.3 Å². The van der Waals surface area contributed by atoms with Gasteiger partial charge in [-0.1, -0.05) is 35.9 Å². The third-order valence-electron chi connectivity index (χ3n) is 4.31. The van der Waals surface area contributed by atoms with Crippen molar-refractivity contribution in [3.05, 3.63) is 86.3 Å². The summed E-state index contributed by atoms with van der Waals surface area (Å²) in [6, 6.07) is 15.6. The van der Waals surface area contributed by atoms with Gasteiger partial charge in [-0.2, -0.15) is 0 Å². The van der Waals surface area contributed by atoms with E-state index in [4.69, 9.17) is 17.3 Å². The Kier molecular flexibility index (Phi) is 4.05. The lowest BCUT2D eigenvalue weighted by atomic mass is 9.82. The molecule has 0 bridgehead atoms. The van der Waals surface area contributed by atoms with Crippen molar-refractivity contribution in [2.75, 3.05) is 11.1 Å². The number of ketones is 2. The lowest BCUT2D eigenvalue weighted by Crippen LogP contribution is -2.23. The number of carbonyl (C=O) groups excluding carboxylic acids is 2. The van der Waals surface area contributed by atoms with Crippen LogP contribution in [-0.4, -0.2) is 11.6 Å². The van der Waals surface area contributed by atoms with Crippen LogP contribution in [0.1, 0.15) is 31.8 Å². The summed E-state index contributed by atoms with van der Waals surface area (Å²) in [5.41, 5.74) is 8.89. The van der Waals surface area contributed by atoms with E-state index in [-0.39, 0.29) is 28.4 Å². The summed E-state index contributed by atoms with van der Waals surface area (Å²) < 4.78 is 0.549. The van der Waals surface area contributed by atoms with Crippen LogP contribution in [0.25, 0.3) is 0 Å². The molecule has 6 heteroatoms. The zero-order chi connectivity index (χ0) is 18.4. The number of nitrogen functional groups attached to an aromatic ring is 1. The highest BCUT2D eigenvalue weighted by atomic mass is 79.9. The standard InChI is InChI=1S/C20H12BrClN2O2/c21-14-9-15(24-11-7-5-10(22)6-8-11)16-17(18(14)23)20(26)13-4-2-1-3-12(13)19(16)25/h1-9,24H,23H2. The van der Waals surface area contributed by atoms with E-state index in [1.165, 1.54) is 0 Å². The van der Waals surface area contributed by atoms with Gasteiger partial charge in [-0.3, -0.25) is 9.59 Å². The molecular formula is C20H12BrClN2O2. The molecule has 0 heterocycles. The molecule has 0 aromatic heterocycles. The molecule has 0 aliphatic heterocycles. The van der Waals surface area contributed by atoms with Crippen molar-refractivity contribution >= 4 is 56.2 Å². The summed E-state index contributed by atoms with van der Waals surface area (Å²) in [4.78, 5) is 26.1. The quantitative estimate of drug-likeness (QED) is 0.431. The summed E-state index contributed by atoms with van der Waals surface area (Å²) in [6.45, 7) is 0. The number of halogens is 2. The van der Waals surface area contributed by atoms with Gasteiger partial charge in [0.25, 0.3) is 0 Å². The van der Waals surface area contributed by atoms with Crippen molar-refractivity contribution in [3.8, 4) is 0 Å². The minimum absolute atomic E-state index is 0.222. The van der Waals surface area contributed by atoms with E-state index in [1.54, 1.807) is 54.6 Å². The third kappa shape index (κ3) is 2.60. The fraction of sp³-hybridized carbons (Fsp3) is 0. The Bertz CT molecular complexity index is 1080. The van der Waals surface area contributed by atoms with Gasteiger partial charge >= 0.3 is 0 Å². The van der Waals surface area contributed by atoms with E-state index in [1.807, 2.05) is 0 Å². The Morgan fingerprint density at radius 2 is 1.46 bits per heavy atom. The average Bonchev–Trinajstić information content (AvgIpc) is 2.64. The number of anilines is 3. The number of nitrogens with one attached hydrogen (secondary N) is 1. The van der Waals surface area contributed by atoms with Crippen molar-refractivity contribution < 1.29 is 9.59 Å². The normalized spacial score (nSPS) is 12.5. The molecule has 1 aliphatic rings. The van der Waals surface area contributed by atoms with E-state index in [0.29, 0.717) is 26.3 Å². The molecule has 3 aromatic rings. The van der Waals surface area contributed by atoms with E-state index >= 15 is 0 Å². The predicted molar refractivity (Wildman–Crippen MR) is 107 cm³/mol. The Hall–Kier alpha value is -2.63. The average molecular weight is 428 g/mol. The molecule has 3 aromatic carbocycles. The summed E-state index contributed by atoms with van der Waals surface area (Å²) in [5.74, 6) is -0.487. The Labute approximate surface area is 163 Å². The van der Waals surface area contributed by atoms with Crippen molar-refractivity contribution in [1.82, 2.24) is 0 Å². The largest absolute Gasteiger partial charge is 0.397 e. The first-order valence-electron chi connectivity index (χ1n) is 7.80. The summed E-state index contributed by atoms with van der Waals surface area (Å²) in [6.07, 6.45) is 0. The van der Waals surface area contributed by atoms with Gasteiger partial charge in [0.15, 0.2) is 11.6 Å². The zero-order valence-corrected chi connectivity index (χ0v) is 15.7. The van der Waals surface area contributed by atoms with Crippen LogP contribution in [0, 0.1) is 0 Å². The molecular weight excluding hydrogens is 416 g/mol. The van der Waals surface area contributed by atoms with Crippen LogP contribution in [-0.2, 0) is 0 Å². The Morgan fingerprint density at radius 3 is 2.08 bits per heavy atom. The molecule has 0 saturated heterocycles. The van der Waals surface area contributed by atoms with Gasteiger partial charge in [0.2, 0.25) is 0 Å². The maximum Gasteiger partial charge on any atom is 0.196 e. The van der Waals surface area contributed by atoms with Crippen molar-refractivity contribution in [3.63, 3.8) is 0 Å². The van der Waals surface area contributed by atoms with Crippen molar-refractivity contribution in [2.24, 2.45) is 0 Å². The van der Waals surface area contributed by atoms with Crippen LogP contribution in [0.3, 0.4) is 0 Å². The van der Waals surface area contributed by atoms with Crippen LogP contribution in [0.4, 0.5) is 17.1 Å². The van der Waals surface area contributed by atoms with E-state index in [2.05, 4.69) is 21.2 Å². The van der Waals surface area contributed by atoms with Gasteiger partial charge in [-0.15, -0.1) is 0 Å². The Balaban J connectivity index is 1.93. The first-order valence-corrected chi connectivity index (χ1v) is 8.97. The van der Waals surface area contributed by atoms with Crippen LogP contribution < -0.4 is 11.1 Å². The van der Waals surface area contributed by atoms with Gasteiger partial charge in [0.1, 0.15) is 0 Å². The molecule has 1 aliphatic carbocycles. The lowest BCUT2D eigenvalue weighted by molar-refractivity contribution is 0.0980. The molecule has 0 amide bonds. The van der Waals surface area contributed by atoms with Gasteiger partial charge in [-0.25, -0.2) is 0 Å². The number of hydrogen-bond acceptors (Lipinski definition) is 4. The SMILES string of the molecule is Nc1c(Br)cc(Nc2ccc(Cl)cc2)c2c1C(=O)c1ccccc1C2=O. The summed E-state index contributed by atoms with van der Waals surface area (Å²) >= 11 is 9.31. The van der Waals surface area contributed by atoms with Crippen molar-refractivity contribution in [1.29, 1.82) is 0 Å². The smallest absolute Gasteiger partial charge is 0.196 e. The molecule has 3 N–H and O–H groups in total. The van der Waals surface area contributed by atoms with Crippen molar-refractivity contribution in [2.45, 2.75) is 0 Å². The van der Waals surface area contributed by atoms with E-state index in [9.17, 15) is 9.59 Å². The molecule has 0 fully saturated rings. The molecule has 0 spiro atoms. The second-order valence-electron chi connectivity index (χ2n) is 5.91. The second-order valence-corrected chi connectivity index (χ2v) is 7.20. The minimum atomic E-state index is -0.256. The molecule has 0 atom stereocenters.